The van der Waals surface area contributed by atoms with Crippen LogP contribution in [-0.4, -0.2) is 45.8 Å². The zero-order valence-corrected chi connectivity index (χ0v) is 14.5. The molecular formula is C16H28N4O2. The molecule has 1 amide bonds. The van der Waals surface area contributed by atoms with E-state index in [-0.39, 0.29) is 6.09 Å². The van der Waals surface area contributed by atoms with E-state index < -0.39 is 0 Å². The third kappa shape index (κ3) is 6.11. The Labute approximate surface area is 133 Å². The molecule has 0 aliphatic carbocycles. The van der Waals surface area contributed by atoms with Gasteiger partial charge in [-0.3, -0.25) is 0 Å². The maximum atomic E-state index is 10.5. The lowest BCUT2D eigenvalue weighted by Gasteiger charge is -2.28. The molecule has 1 aliphatic rings. The highest BCUT2D eigenvalue weighted by Crippen LogP contribution is 2.05. The molecule has 6 nitrogen and oxygen atoms in total. The first-order chi connectivity index (χ1) is 10.7. The Hall–Kier alpha value is -2.11. The first-order valence-corrected chi connectivity index (χ1v) is 7.80. The van der Waals surface area contributed by atoms with Crippen LogP contribution in [0.4, 0.5) is 4.79 Å². The van der Waals surface area contributed by atoms with E-state index in [4.69, 9.17) is 0 Å². The summed E-state index contributed by atoms with van der Waals surface area (Å²) in [5.41, 5.74) is 1.90. The molecule has 0 aromatic carbocycles. The highest BCUT2D eigenvalue weighted by molar-refractivity contribution is 5.68. The van der Waals surface area contributed by atoms with E-state index in [0.29, 0.717) is 0 Å². The Morgan fingerprint density at radius 1 is 1.18 bits per heavy atom. The minimum absolute atomic E-state index is 0.198. The van der Waals surface area contributed by atoms with Gasteiger partial charge in [0.1, 0.15) is 0 Å². The van der Waals surface area contributed by atoms with Gasteiger partial charge in [-0.15, -0.1) is 0 Å². The SMILES string of the molecule is CC.CC.COC(=O)N1CCC1.Cc1ccc2nccn2n1. The van der Waals surface area contributed by atoms with Gasteiger partial charge in [0.25, 0.3) is 0 Å². The lowest BCUT2D eigenvalue weighted by atomic mass is 10.2. The van der Waals surface area contributed by atoms with Crippen LogP contribution in [0.5, 0.6) is 0 Å². The Kier molecular flexibility index (Phi) is 10.4. The van der Waals surface area contributed by atoms with Gasteiger partial charge < -0.3 is 9.64 Å². The van der Waals surface area contributed by atoms with Crippen molar-refractivity contribution >= 4 is 11.7 Å². The van der Waals surface area contributed by atoms with Crippen LogP contribution in [0.2, 0.25) is 0 Å². The molecule has 0 bridgehead atoms. The van der Waals surface area contributed by atoms with Gasteiger partial charge >= 0.3 is 6.09 Å². The molecule has 3 rings (SSSR count). The molecule has 1 aliphatic heterocycles. The van der Waals surface area contributed by atoms with E-state index in [1.54, 1.807) is 15.6 Å². The molecule has 22 heavy (non-hydrogen) atoms. The molecular weight excluding hydrogens is 280 g/mol. The molecule has 3 heterocycles. The highest BCUT2D eigenvalue weighted by atomic mass is 16.5. The van der Waals surface area contributed by atoms with Crippen LogP contribution in [0.1, 0.15) is 39.8 Å². The molecule has 6 heteroatoms. The number of hydrogen-bond donors (Lipinski definition) is 0. The van der Waals surface area contributed by atoms with Crippen LogP contribution >= 0.6 is 0 Å². The first kappa shape index (κ1) is 19.9. The van der Waals surface area contributed by atoms with E-state index in [9.17, 15) is 4.79 Å². The van der Waals surface area contributed by atoms with Crippen molar-refractivity contribution in [1.82, 2.24) is 19.5 Å². The average Bonchev–Trinajstić information content (AvgIpc) is 2.97. The Balaban J connectivity index is 0.000000333. The lowest BCUT2D eigenvalue weighted by molar-refractivity contribution is 0.0991. The topological polar surface area (TPSA) is 59.7 Å². The maximum absolute atomic E-state index is 10.5. The molecule has 1 saturated heterocycles. The molecule has 0 spiro atoms. The summed E-state index contributed by atoms with van der Waals surface area (Å²) in [7, 11) is 1.40. The Morgan fingerprint density at radius 2 is 1.82 bits per heavy atom. The standard InChI is InChI=1S/C7H7N3.C5H9NO2.2C2H6/c1-6-2-3-7-8-4-5-10(7)9-6;1-8-5(7)6-3-2-4-6;2*1-2/h2-5H,1H3;2-4H2,1H3;2*1-2H3. The third-order valence-corrected chi connectivity index (χ3v) is 2.68. The van der Waals surface area contributed by atoms with E-state index in [1.165, 1.54) is 7.11 Å². The van der Waals surface area contributed by atoms with Crippen molar-refractivity contribution in [2.75, 3.05) is 20.2 Å². The minimum Gasteiger partial charge on any atom is -0.453 e. The van der Waals surface area contributed by atoms with Gasteiger partial charge in [0.15, 0.2) is 5.65 Å². The van der Waals surface area contributed by atoms with Crippen LogP contribution < -0.4 is 0 Å². The first-order valence-electron chi connectivity index (χ1n) is 7.80. The number of amides is 1. The monoisotopic (exact) mass is 308 g/mol. The zero-order valence-electron chi connectivity index (χ0n) is 14.5. The molecule has 0 saturated carbocycles. The number of rotatable bonds is 0. The van der Waals surface area contributed by atoms with Crippen molar-refractivity contribution in [2.45, 2.75) is 41.0 Å². The summed E-state index contributed by atoms with van der Waals surface area (Å²) in [4.78, 5) is 16.2. The fourth-order valence-electron chi connectivity index (χ4n) is 1.54. The van der Waals surface area contributed by atoms with Gasteiger partial charge in [-0.25, -0.2) is 14.3 Å². The molecule has 2 aromatic rings. The second-order valence-electron chi connectivity index (χ2n) is 4.02. The van der Waals surface area contributed by atoms with Gasteiger partial charge in [-0.05, 0) is 25.5 Å². The lowest BCUT2D eigenvalue weighted by Crippen LogP contribution is -2.41. The molecule has 124 valence electrons. The van der Waals surface area contributed by atoms with Crippen molar-refractivity contribution in [3.63, 3.8) is 0 Å². The number of nitrogens with zero attached hydrogens (tertiary/aromatic N) is 4. The highest BCUT2D eigenvalue weighted by Gasteiger charge is 2.19. The Morgan fingerprint density at radius 3 is 2.27 bits per heavy atom. The van der Waals surface area contributed by atoms with Gasteiger partial charge in [0.05, 0.1) is 12.8 Å². The van der Waals surface area contributed by atoms with Crippen molar-refractivity contribution in [1.29, 1.82) is 0 Å². The average molecular weight is 308 g/mol. The largest absolute Gasteiger partial charge is 0.453 e. The predicted molar refractivity (Wildman–Crippen MR) is 89.0 cm³/mol. The summed E-state index contributed by atoms with van der Waals surface area (Å²) >= 11 is 0. The number of aromatic nitrogens is 3. The number of carbonyl (C=O) groups is 1. The van der Waals surface area contributed by atoms with E-state index >= 15 is 0 Å². The summed E-state index contributed by atoms with van der Waals surface area (Å²) in [5.74, 6) is 0. The minimum atomic E-state index is -0.198. The van der Waals surface area contributed by atoms with Crippen LogP contribution in [0.3, 0.4) is 0 Å². The van der Waals surface area contributed by atoms with Crippen LogP contribution in [0, 0.1) is 6.92 Å². The van der Waals surface area contributed by atoms with E-state index in [2.05, 4.69) is 14.8 Å². The molecule has 1 fully saturated rings. The van der Waals surface area contributed by atoms with E-state index in [1.807, 2.05) is 52.9 Å². The quantitative estimate of drug-likeness (QED) is 0.747. The van der Waals surface area contributed by atoms with Crippen molar-refractivity contribution < 1.29 is 9.53 Å². The van der Waals surface area contributed by atoms with Gasteiger partial charge in [0, 0.05) is 25.5 Å². The summed E-state index contributed by atoms with van der Waals surface area (Å²) in [6.07, 6.45) is 4.50. The molecule has 0 radical (unpaired) electrons. The normalized spacial score (nSPS) is 11.6. The molecule has 0 atom stereocenters. The summed E-state index contributed by atoms with van der Waals surface area (Å²) in [6, 6.07) is 3.89. The zero-order chi connectivity index (χ0) is 17.0. The molecule has 0 unspecified atom stereocenters. The Bertz CT molecular complexity index is 536. The number of ether oxygens (including phenoxy) is 1. The summed E-state index contributed by atoms with van der Waals surface area (Å²) in [6.45, 7) is 11.7. The van der Waals surface area contributed by atoms with Gasteiger partial charge in [-0.1, -0.05) is 27.7 Å². The number of imidazole rings is 1. The van der Waals surface area contributed by atoms with Crippen molar-refractivity contribution in [3.8, 4) is 0 Å². The summed E-state index contributed by atoms with van der Waals surface area (Å²) in [5, 5.41) is 4.19. The van der Waals surface area contributed by atoms with Crippen molar-refractivity contribution in [3.05, 3.63) is 30.2 Å². The maximum Gasteiger partial charge on any atom is 0.409 e. The summed E-state index contributed by atoms with van der Waals surface area (Å²) < 4.78 is 6.20. The number of aryl methyl sites for hydroxylation is 1. The number of methoxy groups -OCH3 is 1. The predicted octanol–water partition coefficient (Wildman–Crippen LogP) is 3.55. The van der Waals surface area contributed by atoms with Gasteiger partial charge in [-0.2, -0.15) is 5.10 Å². The number of likely N-dealkylation sites (tertiary alicyclic amines) is 1. The number of carbonyl (C=O) groups excluding carboxylic acids is 1. The molecule has 0 N–H and O–H groups in total. The van der Waals surface area contributed by atoms with E-state index in [0.717, 1.165) is 30.9 Å². The fourth-order valence-corrected chi connectivity index (χ4v) is 1.54. The second-order valence-corrected chi connectivity index (χ2v) is 4.02. The van der Waals surface area contributed by atoms with Crippen LogP contribution in [0.25, 0.3) is 5.65 Å². The third-order valence-electron chi connectivity index (χ3n) is 2.68. The number of fused-ring (bicyclic) bond motifs is 1. The van der Waals surface area contributed by atoms with Crippen LogP contribution in [-0.2, 0) is 4.74 Å². The fraction of sp³-hybridized carbons (Fsp3) is 0.562. The second kappa shape index (κ2) is 11.5. The molecule has 2 aromatic heterocycles. The number of hydrogen-bond acceptors (Lipinski definition) is 4. The van der Waals surface area contributed by atoms with Gasteiger partial charge in [0.2, 0.25) is 0 Å². The smallest absolute Gasteiger partial charge is 0.409 e. The van der Waals surface area contributed by atoms with Crippen LogP contribution in [0.15, 0.2) is 24.5 Å². The van der Waals surface area contributed by atoms with Crippen molar-refractivity contribution in [2.24, 2.45) is 0 Å².